The lowest BCUT2D eigenvalue weighted by Crippen LogP contribution is -2.31. The second-order valence-electron chi connectivity index (χ2n) is 4.38. The van der Waals surface area contributed by atoms with Crippen LogP contribution in [0.4, 0.5) is 23.7 Å². The van der Waals surface area contributed by atoms with Gasteiger partial charge in [-0.2, -0.15) is 0 Å². The minimum absolute atomic E-state index is 0.0595. The molecule has 118 valence electrons. The molecule has 2 rings (SSSR count). The molecule has 22 heavy (non-hydrogen) atoms. The fourth-order valence-corrected chi connectivity index (χ4v) is 2.48. The normalized spacial score (nSPS) is 12.5. The van der Waals surface area contributed by atoms with Gasteiger partial charge in [-0.25, -0.2) is 4.79 Å². The van der Waals surface area contributed by atoms with Crippen molar-refractivity contribution < 1.29 is 22.7 Å². The molecule has 0 radical (unpaired) electrons. The van der Waals surface area contributed by atoms with Gasteiger partial charge in [-0.05, 0) is 30.5 Å². The van der Waals surface area contributed by atoms with E-state index in [1.807, 2.05) is 17.5 Å². The molecule has 0 spiro atoms. The topological polar surface area (TPSA) is 50.4 Å². The SMILES string of the molecule is C[C@@H](NC(=O)Nc1ccccc1OC(F)(F)F)c1cccs1. The summed E-state index contributed by atoms with van der Waals surface area (Å²) >= 11 is 1.47. The summed E-state index contributed by atoms with van der Waals surface area (Å²) in [4.78, 5) is 12.8. The lowest BCUT2D eigenvalue weighted by Gasteiger charge is -2.16. The van der Waals surface area contributed by atoms with E-state index in [-0.39, 0.29) is 11.7 Å². The van der Waals surface area contributed by atoms with Gasteiger partial charge in [0.2, 0.25) is 0 Å². The summed E-state index contributed by atoms with van der Waals surface area (Å²) in [6.07, 6.45) is -4.82. The van der Waals surface area contributed by atoms with Gasteiger partial charge in [-0.1, -0.05) is 18.2 Å². The monoisotopic (exact) mass is 330 g/mol. The van der Waals surface area contributed by atoms with Gasteiger partial charge >= 0.3 is 12.4 Å². The summed E-state index contributed by atoms with van der Waals surface area (Å²) in [7, 11) is 0. The van der Waals surface area contributed by atoms with Gasteiger partial charge < -0.3 is 15.4 Å². The molecule has 0 aliphatic heterocycles. The van der Waals surface area contributed by atoms with Crippen LogP contribution in [-0.4, -0.2) is 12.4 Å². The Hall–Kier alpha value is -2.22. The Labute approximate surface area is 128 Å². The van der Waals surface area contributed by atoms with E-state index >= 15 is 0 Å². The summed E-state index contributed by atoms with van der Waals surface area (Å²) < 4.78 is 40.8. The quantitative estimate of drug-likeness (QED) is 0.865. The van der Waals surface area contributed by atoms with Crippen molar-refractivity contribution in [1.29, 1.82) is 0 Å². The van der Waals surface area contributed by atoms with Crippen LogP contribution < -0.4 is 15.4 Å². The van der Waals surface area contributed by atoms with Crippen LogP contribution in [0.5, 0.6) is 5.75 Å². The van der Waals surface area contributed by atoms with Crippen LogP contribution in [0.15, 0.2) is 41.8 Å². The second-order valence-corrected chi connectivity index (χ2v) is 5.36. The van der Waals surface area contributed by atoms with Crippen LogP contribution in [-0.2, 0) is 0 Å². The number of halogens is 3. The number of alkyl halides is 3. The Balaban J connectivity index is 2.02. The molecular formula is C14H13F3N2O2S. The van der Waals surface area contributed by atoms with E-state index < -0.39 is 18.1 Å². The number of carbonyl (C=O) groups excluding carboxylic acids is 1. The Bertz CT molecular complexity index is 629. The van der Waals surface area contributed by atoms with Gasteiger partial charge in [0.1, 0.15) is 0 Å². The van der Waals surface area contributed by atoms with Crippen LogP contribution in [0.1, 0.15) is 17.8 Å². The van der Waals surface area contributed by atoms with E-state index in [4.69, 9.17) is 0 Å². The zero-order valence-electron chi connectivity index (χ0n) is 11.5. The van der Waals surface area contributed by atoms with Crippen LogP contribution >= 0.6 is 11.3 Å². The van der Waals surface area contributed by atoms with Gasteiger partial charge in [-0.15, -0.1) is 24.5 Å². The Morgan fingerprint density at radius 3 is 2.59 bits per heavy atom. The van der Waals surface area contributed by atoms with Gasteiger partial charge in [0.15, 0.2) is 5.75 Å². The first kappa shape index (κ1) is 16.2. The smallest absolute Gasteiger partial charge is 0.404 e. The summed E-state index contributed by atoms with van der Waals surface area (Å²) in [6, 6.07) is 8.19. The highest BCUT2D eigenvalue weighted by Crippen LogP contribution is 2.30. The molecule has 8 heteroatoms. The second kappa shape index (κ2) is 6.69. The van der Waals surface area contributed by atoms with Crippen molar-refractivity contribution in [2.45, 2.75) is 19.3 Å². The van der Waals surface area contributed by atoms with Crippen molar-refractivity contribution in [3.05, 3.63) is 46.7 Å². The first-order valence-electron chi connectivity index (χ1n) is 6.31. The molecule has 0 saturated carbocycles. The third-order valence-corrected chi connectivity index (χ3v) is 3.73. The summed E-state index contributed by atoms with van der Waals surface area (Å²) in [5.41, 5.74) is -0.0595. The number of anilines is 1. The molecule has 2 amide bonds. The van der Waals surface area contributed by atoms with Crippen molar-refractivity contribution in [1.82, 2.24) is 5.32 Å². The van der Waals surface area contributed by atoms with E-state index in [2.05, 4.69) is 15.4 Å². The third kappa shape index (κ3) is 4.66. The predicted molar refractivity (Wildman–Crippen MR) is 78.0 cm³/mol. The molecule has 0 unspecified atom stereocenters. The third-order valence-electron chi connectivity index (χ3n) is 2.68. The molecule has 2 N–H and O–H groups in total. The van der Waals surface area contributed by atoms with E-state index in [0.717, 1.165) is 10.9 Å². The molecule has 4 nitrogen and oxygen atoms in total. The molecule has 0 saturated heterocycles. The van der Waals surface area contributed by atoms with Crippen molar-refractivity contribution in [3.63, 3.8) is 0 Å². The lowest BCUT2D eigenvalue weighted by atomic mass is 10.3. The average Bonchev–Trinajstić information content (AvgIpc) is 2.93. The number of thiophene rings is 1. The lowest BCUT2D eigenvalue weighted by molar-refractivity contribution is -0.274. The van der Waals surface area contributed by atoms with Gasteiger partial charge in [0.05, 0.1) is 11.7 Å². The number of rotatable bonds is 4. The highest BCUT2D eigenvalue weighted by molar-refractivity contribution is 7.10. The minimum atomic E-state index is -4.82. The molecular weight excluding hydrogens is 317 g/mol. The Morgan fingerprint density at radius 1 is 1.23 bits per heavy atom. The number of hydrogen-bond donors (Lipinski definition) is 2. The molecule has 2 aromatic rings. The van der Waals surface area contributed by atoms with E-state index in [9.17, 15) is 18.0 Å². The average molecular weight is 330 g/mol. The van der Waals surface area contributed by atoms with Crippen LogP contribution in [0.2, 0.25) is 0 Å². The summed E-state index contributed by atoms with van der Waals surface area (Å²) in [6.45, 7) is 1.78. The highest BCUT2D eigenvalue weighted by Gasteiger charge is 2.32. The number of benzene rings is 1. The van der Waals surface area contributed by atoms with Crippen molar-refractivity contribution in [2.24, 2.45) is 0 Å². The maximum atomic E-state index is 12.3. The highest BCUT2D eigenvalue weighted by atomic mass is 32.1. The number of ether oxygens (including phenoxy) is 1. The van der Waals surface area contributed by atoms with Gasteiger partial charge in [0.25, 0.3) is 0 Å². The molecule has 0 aliphatic carbocycles. The number of carbonyl (C=O) groups is 1. The molecule has 0 aliphatic rings. The van der Waals surface area contributed by atoms with Crippen LogP contribution in [0, 0.1) is 0 Å². The van der Waals surface area contributed by atoms with E-state index in [1.165, 1.54) is 29.5 Å². The van der Waals surface area contributed by atoms with E-state index in [0.29, 0.717) is 0 Å². The number of amides is 2. The Morgan fingerprint density at radius 2 is 1.95 bits per heavy atom. The van der Waals surface area contributed by atoms with Crippen LogP contribution in [0.3, 0.4) is 0 Å². The maximum Gasteiger partial charge on any atom is 0.573 e. The fourth-order valence-electron chi connectivity index (χ4n) is 1.75. The summed E-state index contributed by atoms with van der Waals surface area (Å²) in [5, 5.41) is 6.87. The standard InChI is InChI=1S/C14H13F3N2O2S/c1-9(12-7-4-8-22-12)18-13(20)19-10-5-2-3-6-11(10)21-14(15,16)17/h2-9H,1H3,(H2,18,19,20)/t9-/m1/s1. The summed E-state index contributed by atoms with van der Waals surface area (Å²) in [5.74, 6) is -0.464. The zero-order chi connectivity index (χ0) is 16.2. The number of para-hydroxylation sites is 2. The number of urea groups is 1. The maximum absolute atomic E-state index is 12.3. The van der Waals surface area contributed by atoms with Crippen molar-refractivity contribution in [2.75, 3.05) is 5.32 Å². The number of hydrogen-bond acceptors (Lipinski definition) is 3. The molecule has 1 atom stereocenters. The molecule has 1 heterocycles. The molecule has 1 aromatic heterocycles. The predicted octanol–water partition coefficient (Wildman–Crippen LogP) is 4.53. The van der Waals surface area contributed by atoms with Gasteiger partial charge in [0, 0.05) is 4.88 Å². The molecule has 0 bridgehead atoms. The van der Waals surface area contributed by atoms with Crippen molar-refractivity contribution in [3.8, 4) is 5.75 Å². The largest absolute Gasteiger partial charge is 0.573 e. The van der Waals surface area contributed by atoms with Crippen LogP contribution in [0.25, 0.3) is 0 Å². The van der Waals surface area contributed by atoms with E-state index in [1.54, 1.807) is 6.92 Å². The minimum Gasteiger partial charge on any atom is -0.404 e. The first-order valence-corrected chi connectivity index (χ1v) is 7.19. The molecule has 1 aromatic carbocycles. The zero-order valence-corrected chi connectivity index (χ0v) is 12.3. The van der Waals surface area contributed by atoms with Gasteiger partial charge in [-0.3, -0.25) is 0 Å². The number of nitrogens with one attached hydrogen (secondary N) is 2. The fraction of sp³-hybridized carbons (Fsp3) is 0.214. The molecule has 0 fully saturated rings. The first-order chi connectivity index (χ1) is 10.3. The Kier molecular flexibility index (Phi) is 4.92. The van der Waals surface area contributed by atoms with Crippen molar-refractivity contribution >= 4 is 23.1 Å².